The molecule has 7 nitrogen and oxygen atoms in total. The standard InChI is InChI=1S/C18H16N4O3/c19-11-16-18(21-22-20-16)14-5-4-13-10-15(7-6-12(13)9-14)25-8-2-1-3-17(23)24/h4-7,9-10H,1-3,8H2,(H,23,24)(H,20,21,22). The summed E-state index contributed by atoms with van der Waals surface area (Å²) in [6.45, 7) is 0.487. The van der Waals surface area contributed by atoms with Crippen LogP contribution in [0, 0.1) is 11.3 Å². The maximum Gasteiger partial charge on any atom is 0.303 e. The highest BCUT2D eigenvalue weighted by molar-refractivity contribution is 5.88. The molecular formula is C18H16N4O3. The number of carbonyl (C=O) groups is 1. The highest BCUT2D eigenvalue weighted by Gasteiger charge is 2.10. The Balaban J connectivity index is 1.71. The monoisotopic (exact) mass is 336 g/mol. The summed E-state index contributed by atoms with van der Waals surface area (Å²) in [6.07, 6.45) is 1.47. The van der Waals surface area contributed by atoms with Gasteiger partial charge in [0.15, 0.2) is 5.69 Å². The number of aliphatic carboxylic acids is 1. The van der Waals surface area contributed by atoms with Gasteiger partial charge in [0.25, 0.3) is 0 Å². The zero-order chi connectivity index (χ0) is 17.6. The Morgan fingerprint density at radius 2 is 2.00 bits per heavy atom. The van der Waals surface area contributed by atoms with Crippen molar-refractivity contribution in [1.29, 1.82) is 5.26 Å². The quantitative estimate of drug-likeness (QED) is 0.641. The van der Waals surface area contributed by atoms with Gasteiger partial charge in [-0.3, -0.25) is 4.79 Å². The summed E-state index contributed by atoms with van der Waals surface area (Å²) < 4.78 is 5.67. The number of aromatic nitrogens is 3. The summed E-state index contributed by atoms with van der Waals surface area (Å²) in [5.41, 5.74) is 1.68. The lowest BCUT2D eigenvalue weighted by atomic mass is 10.0. The molecule has 0 aliphatic carbocycles. The molecular weight excluding hydrogens is 320 g/mol. The third kappa shape index (κ3) is 3.93. The van der Waals surface area contributed by atoms with Gasteiger partial charge in [0.1, 0.15) is 17.5 Å². The third-order valence-electron chi connectivity index (χ3n) is 3.80. The molecule has 0 aliphatic rings. The molecule has 0 spiro atoms. The maximum atomic E-state index is 10.5. The molecule has 2 aromatic carbocycles. The molecule has 0 fully saturated rings. The number of nitriles is 1. The van der Waals surface area contributed by atoms with Crippen molar-refractivity contribution in [1.82, 2.24) is 15.4 Å². The molecule has 7 heteroatoms. The minimum absolute atomic E-state index is 0.163. The topological polar surface area (TPSA) is 112 Å². The van der Waals surface area contributed by atoms with Crippen LogP contribution in [0.4, 0.5) is 0 Å². The average molecular weight is 336 g/mol. The fourth-order valence-electron chi connectivity index (χ4n) is 2.54. The first-order valence-electron chi connectivity index (χ1n) is 7.87. The molecule has 0 unspecified atom stereocenters. The largest absolute Gasteiger partial charge is 0.494 e. The Hall–Kier alpha value is -3.40. The number of aromatic amines is 1. The van der Waals surface area contributed by atoms with Gasteiger partial charge in [-0.15, -0.1) is 5.10 Å². The predicted molar refractivity (Wildman–Crippen MR) is 91.0 cm³/mol. The lowest BCUT2D eigenvalue weighted by Crippen LogP contribution is -2.00. The number of rotatable bonds is 7. The van der Waals surface area contributed by atoms with E-state index in [0.29, 0.717) is 30.8 Å². The first kappa shape index (κ1) is 16.5. The number of fused-ring (bicyclic) bond motifs is 1. The van der Waals surface area contributed by atoms with Crippen LogP contribution in [-0.4, -0.2) is 33.1 Å². The molecule has 0 saturated heterocycles. The number of hydrogen-bond donors (Lipinski definition) is 2. The Morgan fingerprint density at radius 1 is 1.20 bits per heavy atom. The van der Waals surface area contributed by atoms with Crippen molar-refractivity contribution in [3.8, 4) is 23.1 Å². The summed E-state index contributed by atoms with van der Waals surface area (Å²) in [6, 6.07) is 13.6. The Morgan fingerprint density at radius 3 is 2.80 bits per heavy atom. The zero-order valence-electron chi connectivity index (χ0n) is 13.4. The fraction of sp³-hybridized carbons (Fsp3) is 0.222. The van der Waals surface area contributed by atoms with Crippen LogP contribution in [0.2, 0.25) is 0 Å². The smallest absolute Gasteiger partial charge is 0.303 e. The summed E-state index contributed by atoms with van der Waals surface area (Å²) in [5, 5.41) is 29.9. The number of nitrogens with zero attached hydrogens (tertiary/aromatic N) is 3. The van der Waals surface area contributed by atoms with Gasteiger partial charge >= 0.3 is 5.97 Å². The molecule has 2 N–H and O–H groups in total. The van der Waals surface area contributed by atoms with E-state index in [-0.39, 0.29) is 6.42 Å². The van der Waals surface area contributed by atoms with Gasteiger partial charge in [-0.05, 0) is 41.8 Å². The van der Waals surface area contributed by atoms with Crippen molar-refractivity contribution in [3.63, 3.8) is 0 Å². The van der Waals surface area contributed by atoms with E-state index in [4.69, 9.17) is 15.1 Å². The molecule has 0 radical (unpaired) electrons. The lowest BCUT2D eigenvalue weighted by Gasteiger charge is -2.08. The molecule has 0 amide bonds. The van der Waals surface area contributed by atoms with Gasteiger partial charge in [-0.25, -0.2) is 5.10 Å². The summed E-state index contributed by atoms with van der Waals surface area (Å²) in [4.78, 5) is 10.5. The minimum atomic E-state index is -0.784. The summed E-state index contributed by atoms with van der Waals surface area (Å²) in [7, 11) is 0. The number of nitrogens with one attached hydrogen (secondary N) is 1. The van der Waals surface area contributed by atoms with E-state index in [1.54, 1.807) is 0 Å². The molecule has 1 heterocycles. The average Bonchev–Trinajstić information content (AvgIpc) is 3.09. The van der Waals surface area contributed by atoms with Crippen molar-refractivity contribution in [3.05, 3.63) is 42.1 Å². The highest BCUT2D eigenvalue weighted by atomic mass is 16.5. The molecule has 1 aromatic heterocycles. The van der Waals surface area contributed by atoms with Crippen LogP contribution in [0.1, 0.15) is 25.0 Å². The van der Waals surface area contributed by atoms with Crippen LogP contribution >= 0.6 is 0 Å². The minimum Gasteiger partial charge on any atom is -0.494 e. The Kier molecular flexibility index (Phi) is 4.90. The van der Waals surface area contributed by atoms with Crippen LogP contribution in [0.5, 0.6) is 5.75 Å². The van der Waals surface area contributed by atoms with Gasteiger partial charge in [-0.1, -0.05) is 23.4 Å². The summed E-state index contributed by atoms with van der Waals surface area (Å²) in [5.74, 6) is -0.0390. The number of carboxylic acids is 1. The maximum absolute atomic E-state index is 10.5. The predicted octanol–water partition coefficient (Wildman–Crippen LogP) is 3.13. The first-order chi connectivity index (χ1) is 12.2. The molecule has 0 saturated carbocycles. The Bertz CT molecular complexity index is 943. The molecule has 0 aliphatic heterocycles. The second-order valence-corrected chi connectivity index (χ2v) is 5.57. The second-order valence-electron chi connectivity index (χ2n) is 5.57. The van der Waals surface area contributed by atoms with Crippen LogP contribution in [0.25, 0.3) is 22.0 Å². The van der Waals surface area contributed by atoms with E-state index in [2.05, 4.69) is 15.4 Å². The zero-order valence-corrected chi connectivity index (χ0v) is 13.4. The van der Waals surface area contributed by atoms with Crippen molar-refractivity contribution in [2.75, 3.05) is 6.61 Å². The van der Waals surface area contributed by atoms with E-state index < -0.39 is 5.97 Å². The second kappa shape index (κ2) is 7.45. The first-order valence-corrected chi connectivity index (χ1v) is 7.87. The van der Waals surface area contributed by atoms with Gasteiger partial charge in [-0.2, -0.15) is 5.26 Å². The number of carboxylic acid groups (broad SMARTS) is 1. The van der Waals surface area contributed by atoms with E-state index >= 15 is 0 Å². The number of hydrogen-bond acceptors (Lipinski definition) is 5. The number of H-pyrrole nitrogens is 1. The van der Waals surface area contributed by atoms with Gasteiger partial charge < -0.3 is 9.84 Å². The van der Waals surface area contributed by atoms with E-state index in [0.717, 1.165) is 22.1 Å². The molecule has 3 aromatic rings. The molecule has 126 valence electrons. The van der Waals surface area contributed by atoms with Crippen LogP contribution in [-0.2, 0) is 4.79 Å². The normalized spacial score (nSPS) is 10.5. The van der Waals surface area contributed by atoms with Gasteiger partial charge in [0.05, 0.1) is 6.61 Å². The molecule has 0 atom stereocenters. The molecule has 3 rings (SSSR count). The van der Waals surface area contributed by atoms with Crippen molar-refractivity contribution in [2.45, 2.75) is 19.3 Å². The number of benzene rings is 2. The van der Waals surface area contributed by atoms with Gasteiger partial charge in [0, 0.05) is 12.0 Å². The fourth-order valence-corrected chi connectivity index (χ4v) is 2.54. The van der Waals surface area contributed by atoms with Crippen LogP contribution in [0.15, 0.2) is 36.4 Å². The molecule has 0 bridgehead atoms. The summed E-state index contributed by atoms with van der Waals surface area (Å²) >= 11 is 0. The Labute approximate surface area is 143 Å². The van der Waals surface area contributed by atoms with Crippen molar-refractivity contribution in [2.24, 2.45) is 0 Å². The SMILES string of the molecule is N#Cc1[nH]nnc1-c1ccc2cc(OCCCCC(=O)O)ccc2c1. The highest BCUT2D eigenvalue weighted by Crippen LogP contribution is 2.27. The lowest BCUT2D eigenvalue weighted by molar-refractivity contribution is -0.137. The van der Waals surface area contributed by atoms with E-state index in [1.807, 2.05) is 42.5 Å². The number of unbranched alkanes of at least 4 members (excludes halogenated alkanes) is 1. The van der Waals surface area contributed by atoms with E-state index in [1.165, 1.54) is 0 Å². The van der Waals surface area contributed by atoms with Crippen LogP contribution in [0.3, 0.4) is 0 Å². The van der Waals surface area contributed by atoms with Crippen LogP contribution < -0.4 is 4.74 Å². The van der Waals surface area contributed by atoms with E-state index in [9.17, 15) is 4.79 Å². The third-order valence-corrected chi connectivity index (χ3v) is 3.80. The van der Waals surface area contributed by atoms with Crippen molar-refractivity contribution < 1.29 is 14.6 Å². The molecule has 25 heavy (non-hydrogen) atoms. The van der Waals surface area contributed by atoms with Crippen molar-refractivity contribution >= 4 is 16.7 Å². The number of ether oxygens (including phenoxy) is 1. The van der Waals surface area contributed by atoms with Gasteiger partial charge in [0.2, 0.25) is 0 Å².